The molecule has 0 spiro atoms. The molecule has 1 aliphatic rings. The minimum atomic E-state index is -1.01. The largest absolute Gasteiger partial charge is 0.453 e. The molecule has 0 bridgehead atoms. The Morgan fingerprint density at radius 1 is 1.21 bits per heavy atom. The molecule has 0 saturated carbocycles. The fourth-order valence-electron chi connectivity index (χ4n) is 1.49. The van der Waals surface area contributed by atoms with Gasteiger partial charge in [-0.3, -0.25) is 9.59 Å². The maximum Gasteiger partial charge on any atom is 0.407 e. The number of alkyl carbamates (subject to hydrolysis) is 1. The Kier molecular flexibility index (Phi) is 4.85. The van der Waals surface area contributed by atoms with E-state index in [1.54, 1.807) is 13.8 Å². The third-order valence-electron chi connectivity index (χ3n) is 2.57. The number of hydroxylamine groups is 2. The average Bonchev–Trinajstić information content (AvgIpc) is 2.66. The third kappa shape index (κ3) is 3.67. The number of carbonyl (C=O) groups is 4. The lowest BCUT2D eigenvalue weighted by molar-refractivity contribution is -0.199. The molecule has 1 heterocycles. The van der Waals surface area contributed by atoms with Crippen LogP contribution in [0.3, 0.4) is 0 Å². The molecule has 19 heavy (non-hydrogen) atoms. The van der Waals surface area contributed by atoms with Gasteiger partial charge in [0.05, 0.1) is 7.11 Å². The van der Waals surface area contributed by atoms with E-state index < -0.39 is 29.9 Å². The monoisotopic (exact) mass is 272 g/mol. The zero-order valence-electron chi connectivity index (χ0n) is 11.0. The zero-order chi connectivity index (χ0) is 14.6. The summed E-state index contributed by atoms with van der Waals surface area (Å²) in [5.41, 5.74) is 0. The number of ether oxygens (including phenoxy) is 1. The van der Waals surface area contributed by atoms with E-state index in [0.717, 1.165) is 7.11 Å². The predicted molar refractivity (Wildman–Crippen MR) is 61.3 cm³/mol. The SMILES string of the molecule is COC(=O)N[C@H](C(=O)ON1C(=O)CCC1=O)C(C)C. The number of imide groups is 1. The molecular formula is C11H16N2O6. The lowest BCUT2D eigenvalue weighted by Crippen LogP contribution is -2.48. The molecule has 1 rings (SSSR count). The molecule has 106 valence electrons. The van der Waals surface area contributed by atoms with Gasteiger partial charge in [0, 0.05) is 12.8 Å². The topological polar surface area (TPSA) is 102 Å². The van der Waals surface area contributed by atoms with Gasteiger partial charge < -0.3 is 14.9 Å². The number of hydrogen-bond acceptors (Lipinski definition) is 6. The molecule has 0 aromatic heterocycles. The molecule has 1 saturated heterocycles. The lowest BCUT2D eigenvalue weighted by Gasteiger charge is -2.21. The van der Waals surface area contributed by atoms with Crippen molar-refractivity contribution in [2.45, 2.75) is 32.7 Å². The van der Waals surface area contributed by atoms with Crippen molar-refractivity contribution in [2.24, 2.45) is 5.92 Å². The second-order valence-corrected chi connectivity index (χ2v) is 4.35. The quantitative estimate of drug-likeness (QED) is 0.721. The van der Waals surface area contributed by atoms with Crippen LogP contribution in [0.4, 0.5) is 4.79 Å². The van der Waals surface area contributed by atoms with Crippen molar-refractivity contribution >= 4 is 23.9 Å². The summed E-state index contributed by atoms with van der Waals surface area (Å²) in [5, 5.41) is 2.73. The summed E-state index contributed by atoms with van der Waals surface area (Å²) in [6.07, 6.45) is -0.763. The van der Waals surface area contributed by atoms with Gasteiger partial charge in [0.15, 0.2) is 0 Å². The van der Waals surface area contributed by atoms with Gasteiger partial charge in [0.25, 0.3) is 11.8 Å². The first-order chi connectivity index (χ1) is 8.86. The van der Waals surface area contributed by atoms with Crippen LogP contribution in [-0.2, 0) is 24.0 Å². The van der Waals surface area contributed by atoms with Gasteiger partial charge in [-0.05, 0) is 5.92 Å². The molecule has 0 aliphatic carbocycles. The van der Waals surface area contributed by atoms with E-state index in [9.17, 15) is 19.2 Å². The van der Waals surface area contributed by atoms with Crippen LogP contribution < -0.4 is 5.32 Å². The van der Waals surface area contributed by atoms with Crippen molar-refractivity contribution in [1.29, 1.82) is 0 Å². The average molecular weight is 272 g/mol. The van der Waals surface area contributed by atoms with Crippen LogP contribution in [0.2, 0.25) is 0 Å². The Hall–Kier alpha value is -2.12. The van der Waals surface area contributed by atoms with E-state index in [4.69, 9.17) is 4.84 Å². The smallest absolute Gasteiger partial charge is 0.407 e. The number of amides is 3. The number of rotatable bonds is 4. The van der Waals surface area contributed by atoms with Gasteiger partial charge in [0.2, 0.25) is 0 Å². The molecule has 0 unspecified atom stereocenters. The summed E-state index contributed by atoms with van der Waals surface area (Å²) in [7, 11) is 1.16. The second-order valence-electron chi connectivity index (χ2n) is 4.35. The van der Waals surface area contributed by atoms with Crippen LogP contribution in [0.25, 0.3) is 0 Å². The molecular weight excluding hydrogens is 256 g/mol. The van der Waals surface area contributed by atoms with Crippen LogP contribution in [-0.4, -0.2) is 42.1 Å². The lowest BCUT2D eigenvalue weighted by atomic mass is 10.1. The van der Waals surface area contributed by atoms with Crippen molar-refractivity contribution in [1.82, 2.24) is 10.4 Å². The third-order valence-corrected chi connectivity index (χ3v) is 2.57. The molecule has 0 aromatic rings. The number of nitrogens with one attached hydrogen (secondary N) is 1. The van der Waals surface area contributed by atoms with E-state index in [1.165, 1.54) is 0 Å². The van der Waals surface area contributed by atoms with E-state index in [0.29, 0.717) is 5.06 Å². The van der Waals surface area contributed by atoms with Gasteiger partial charge in [-0.2, -0.15) is 0 Å². The van der Waals surface area contributed by atoms with Crippen molar-refractivity contribution in [2.75, 3.05) is 7.11 Å². The molecule has 1 fully saturated rings. The molecule has 3 amide bonds. The van der Waals surface area contributed by atoms with E-state index in [2.05, 4.69) is 10.1 Å². The van der Waals surface area contributed by atoms with Crippen LogP contribution >= 0.6 is 0 Å². The van der Waals surface area contributed by atoms with E-state index in [-0.39, 0.29) is 18.8 Å². The highest BCUT2D eigenvalue weighted by atomic mass is 16.7. The summed E-state index contributed by atoms with van der Waals surface area (Å²) in [4.78, 5) is 50.3. The fraction of sp³-hybridized carbons (Fsp3) is 0.636. The number of methoxy groups -OCH3 is 1. The van der Waals surface area contributed by atoms with Crippen LogP contribution in [0.15, 0.2) is 0 Å². The number of hydrogen-bond donors (Lipinski definition) is 1. The van der Waals surface area contributed by atoms with Crippen LogP contribution in [0, 0.1) is 5.92 Å². The second kappa shape index (κ2) is 6.17. The Morgan fingerprint density at radius 2 is 1.74 bits per heavy atom. The molecule has 1 atom stereocenters. The molecule has 1 N–H and O–H groups in total. The van der Waals surface area contributed by atoms with Gasteiger partial charge in [-0.1, -0.05) is 13.8 Å². The molecule has 1 aliphatic heterocycles. The summed E-state index contributed by atoms with van der Waals surface area (Å²) < 4.78 is 4.39. The molecule has 0 aromatic carbocycles. The molecule has 8 nitrogen and oxygen atoms in total. The highest BCUT2D eigenvalue weighted by molar-refractivity contribution is 6.01. The summed E-state index contributed by atoms with van der Waals surface area (Å²) in [6.45, 7) is 3.35. The Morgan fingerprint density at radius 3 is 2.16 bits per heavy atom. The molecule has 0 radical (unpaired) electrons. The Bertz CT molecular complexity index is 390. The minimum Gasteiger partial charge on any atom is -0.453 e. The normalized spacial score (nSPS) is 16.5. The number of nitrogens with zero attached hydrogens (tertiary/aromatic N) is 1. The first-order valence-corrected chi connectivity index (χ1v) is 5.79. The van der Waals surface area contributed by atoms with E-state index in [1.807, 2.05) is 0 Å². The van der Waals surface area contributed by atoms with E-state index >= 15 is 0 Å². The Balaban J connectivity index is 2.69. The first kappa shape index (κ1) is 14.9. The van der Waals surface area contributed by atoms with Crippen molar-refractivity contribution in [3.8, 4) is 0 Å². The summed E-state index contributed by atoms with van der Waals surface area (Å²) in [5.74, 6) is -2.32. The van der Waals surface area contributed by atoms with Crippen molar-refractivity contribution in [3.05, 3.63) is 0 Å². The van der Waals surface area contributed by atoms with Crippen molar-refractivity contribution < 1.29 is 28.8 Å². The predicted octanol–water partition coefficient (Wildman–Crippen LogP) is -0.0258. The fourth-order valence-corrected chi connectivity index (χ4v) is 1.49. The van der Waals surface area contributed by atoms with Crippen LogP contribution in [0.5, 0.6) is 0 Å². The highest BCUT2D eigenvalue weighted by Gasteiger charge is 2.36. The Labute approximate surface area is 110 Å². The van der Waals surface area contributed by atoms with Crippen molar-refractivity contribution in [3.63, 3.8) is 0 Å². The van der Waals surface area contributed by atoms with Gasteiger partial charge in [-0.15, -0.1) is 5.06 Å². The van der Waals surface area contributed by atoms with Gasteiger partial charge >= 0.3 is 12.1 Å². The maximum absolute atomic E-state index is 11.8. The number of carbonyl (C=O) groups excluding carboxylic acids is 4. The zero-order valence-corrected chi connectivity index (χ0v) is 11.0. The maximum atomic E-state index is 11.8. The first-order valence-electron chi connectivity index (χ1n) is 5.79. The standard InChI is InChI=1S/C11H16N2O6/c1-6(2)9(12-11(17)18-3)10(16)19-13-7(14)4-5-8(13)15/h6,9H,4-5H2,1-3H3,(H,12,17)/t9-/m0/s1. The van der Waals surface area contributed by atoms with Gasteiger partial charge in [0.1, 0.15) is 6.04 Å². The molecule has 8 heteroatoms. The highest BCUT2D eigenvalue weighted by Crippen LogP contribution is 2.14. The summed E-state index contributed by atoms with van der Waals surface area (Å²) >= 11 is 0. The summed E-state index contributed by atoms with van der Waals surface area (Å²) in [6, 6.07) is -1.01. The minimum absolute atomic E-state index is 0.0168. The van der Waals surface area contributed by atoms with Crippen LogP contribution in [0.1, 0.15) is 26.7 Å². The van der Waals surface area contributed by atoms with Gasteiger partial charge in [-0.25, -0.2) is 9.59 Å².